The van der Waals surface area contributed by atoms with Gasteiger partial charge in [-0.25, -0.2) is 9.59 Å². The second-order valence-electron chi connectivity index (χ2n) is 5.86. The molecule has 28 heavy (non-hydrogen) atoms. The summed E-state index contributed by atoms with van der Waals surface area (Å²) < 4.78 is 16.0. The van der Waals surface area contributed by atoms with E-state index in [0.717, 1.165) is 18.6 Å². The Labute approximate surface area is 165 Å². The van der Waals surface area contributed by atoms with Crippen LogP contribution in [0.2, 0.25) is 0 Å². The average molecular weight is 386 g/mol. The molecule has 0 spiro atoms. The molecule has 7 nitrogen and oxygen atoms in total. The third-order valence-electron chi connectivity index (χ3n) is 3.73. The normalized spacial score (nSPS) is 10.1. The van der Waals surface area contributed by atoms with Crippen LogP contribution in [-0.2, 0) is 4.74 Å². The van der Waals surface area contributed by atoms with Gasteiger partial charge in [-0.2, -0.15) is 0 Å². The Morgan fingerprint density at radius 3 is 2.29 bits per heavy atom. The maximum absolute atomic E-state index is 12.2. The molecule has 0 heterocycles. The molecule has 0 aliphatic heterocycles. The van der Waals surface area contributed by atoms with Gasteiger partial charge in [0, 0.05) is 0 Å². The first-order valence-electron chi connectivity index (χ1n) is 9.30. The van der Waals surface area contributed by atoms with E-state index >= 15 is 0 Å². The number of carbonyl (C=O) groups is 2. The third-order valence-corrected chi connectivity index (χ3v) is 3.73. The van der Waals surface area contributed by atoms with E-state index in [2.05, 4.69) is 10.6 Å². The van der Waals surface area contributed by atoms with E-state index in [0.29, 0.717) is 30.2 Å². The summed E-state index contributed by atoms with van der Waals surface area (Å²) in [5, 5.41) is 5.23. The highest BCUT2D eigenvalue weighted by Crippen LogP contribution is 2.18. The monoisotopic (exact) mass is 386 g/mol. The molecule has 2 rings (SSSR count). The minimum Gasteiger partial charge on any atom is -0.494 e. The van der Waals surface area contributed by atoms with Crippen molar-refractivity contribution in [1.29, 1.82) is 0 Å². The number of nitrogens with one attached hydrogen (secondary N) is 2. The van der Waals surface area contributed by atoms with E-state index in [-0.39, 0.29) is 6.73 Å². The zero-order valence-corrected chi connectivity index (χ0v) is 16.2. The largest absolute Gasteiger partial charge is 0.494 e. The van der Waals surface area contributed by atoms with Gasteiger partial charge in [0.1, 0.15) is 11.5 Å². The fourth-order valence-corrected chi connectivity index (χ4v) is 2.31. The first-order chi connectivity index (χ1) is 13.6. The van der Waals surface area contributed by atoms with Crippen LogP contribution in [0.25, 0.3) is 0 Å². The van der Waals surface area contributed by atoms with E-state index in [1.54, 1.807) is 48.5 Å². The lowest BCUT2D eigenvalue weighted by Gasteiger charge is -2.12. The fraction of sp³-hybridized carbons (Fsp3) is 0.333. The van der Waals surface area contributed by atoms with Crippen molar-refractivity contribution in [1.82, 2.24) is 5.32 Å². The Bertz CT molecular complexity index is 762. The first kappa shape index (κ1) is 21.1. The molecule has 0 saturated carbocycles. The van der Waals surface area contributed by atoms with Crippen LogP contribution < -0.4 is 20.1 Å². The van der Waals surface area contributed by atoms with Crippen LogP contribution in [0.4, 0.5) is 10.5 Å². The molecule has 0 bridgehead atoms. The minimum absolute atomic E-state index is 0.0249. The molecule has 0 aliphatic carbocycles. The lowest BCUT2D eigenvalue weighted by Crippen LogP contribution is -2.32. The number of carbonyl (C=O) groups excluding carboxylic acids is 2. The van der Waals surface area contributed by atoms with Crippen LogP contribution in [0.3, 0.4) is 0 Å². The van der Waals surface area contributed by atoms with Gasteiger partial charge in [0.05, 0.1) is 24.5 Å². The number of para-hydroxylation sites is 1. The summed E-state index contributed by atoms with van der Waals surface area (Å²) in [4.78, 5) is 24.3. The number of esters is 1. The molecule has 0 saturated heterocycles. The van der Waals surface area contributed by atoms with E-state index in [4.69, 9.17) is 14.2 Å². The van der Waals surface area contributed by atoms with Gasteiger partial charge in [0.15, 0.2) is 6.73 Å². The molecule has 0 aromatic heterocycles. The number of anilines is 1. The molecule has 0 radical (unpaired) electrons. The first-order valence-corrected chi connectivity index (χ1v) is 9.30. The lowest BCUT2D eigenvalue weighted by atomic mass is 10.2. The van der Waals surface area contributed by atoms with E-state index in [1.807, 2.05) is 13.8 Å². The molecule has 2 aromatic rings. The van der Waals surface area contributed by atoms with E-state index < -0.39 is 12.0 Å². The topological polar surface area (TPSA) is 85.9 Å². The Morgan fingerprint density at radius 2 is 1.61 bits per heavy atom. The highest BCUT2D eigenvalue weighted by atomic mass is 16.5. The number of benzene rings is 2. The van der Waals surface area contributed by atoms with Gasteiger partial charge in [0.25, 0.3) is 0 Å². The van der Waals surface area contributed by atoms with Gasteiger partial charge in [-0.05, 0) is 49.7 Å². The minimum atomic E-state index is -0.486. The SMILES string of the molecule is CCCCOC(=O)c1ccccc1NC(=O)NCOc1ccc(OCC)cc1. The van der Waals surface area contributed by atoms with Gasteiger partial charge in [-0.15, -0.1) is 0 Å². The third kappa shape index (κ3) is 6.83. The molecule has 150 valence electrons. The van der Waals surface area contributed by atoms with Crippen molar-refractivity contribution in [3.8, 4) is 11.5 Å². The molecule has 7 heteroatoms. The number of hydrogen-bond donors (Lipinski definition) is 2. The van der Waals surface area contributed by atoms with Gasteiger partial charge < -0.3 is 24.8 Å². The molecule has 0 fully saturated rings. The highest BCUT2D eigenvalue weighted by molar-refractivity contribution is 6.00. The zero-order chi connectivity index (χ0) is 20.2. The summed E-state index contributed by atoms with van der Waals surface area (Å²) in [6.45, 7) is 4.85. The van der Waals surface area contributed by atoms with Crippen LogP contribution in [-0.4, -0.2) is 31.9 Å². The predicted octanol–water partition coefficient (Wildman–Crippen LogP) is 4.20. The molecule has 2 amide bonds. The van der Waals surface area contributed by atoms with Crippen LogP contribution in [0.5, 0.6) is 11.5 Å². The number of amides is 2. The molecule has 0 unspecified atom stereocenters. The Morgan fingerprint density at radius 1 is 0.929 bits per heavy atom. The second-order valence-corrected chi connectivity index (χ2v) is 5.86. The maximum atomic E-state index is 12.2. The quantitative estimate of drug-likeness (QED) is 0.363. The molecular weight excluding hydrogens is 360 g/mol. The van der Waals surface area contributed by atoms with E-state index in [1.165, 1.54) is 0 Å². The summed E-state index contributed by atoms with van der Waals surface area (Å²) in [6, 6.07) is 13.3. The number of unbranched alkanes of at least 4 members (excludes halogenated alkanes) is 1. The summed E-state index contributed by atoms with van der Waals surface area (Å²) in [7, 11) is 0. The average Bonchev–Trinajstić information content (AvgIpc) is 2.70. The van der Waals surface area contributed by atoms with Gasteiger partial charge in [-0.3, -0.25) is 0 Å². The summed E-state index contributed by atoms with van der Waals surface area (Å²) in [5.74, 6) is 0.890. The van der Waals surface area contributed by atoms with Crippen molar-refractivity contribution in [2.75, 3.05) is 25.3 Å². The lowest BCUT2D eigenvalue weighted by molar-refractivity contribution is 0.0501. The number of urea groups is 1. The molecule has 0 aliphatic rings. The molecule has 0 atom stereocenters. The summed E-state index contributed by atoms with van der Waals surface area (Å²) in [5.41, 5.74) is 0.684. The van der Waals surface area contributed by atoms with Crippen molar-refractivity contribution >= 4 is 17.7 Å². The smallest absolute Gasteiger partial charge is 0.340 e. The highest BCUT2D eigenvalue weighted by Gasteiger charge is 2.14. The molecule has 2 N–H and O–H groups in total. The standard InChI is InChI=1S/C21H26N2O5/c1-3-5-14-27-20(24)18-8-6-7-9-19(18)23-21(25)22-15-28-17-12-10-16(11-13-17)26-4-2/h6-13H,3-5,14-15H2,1-2H3,(H2,22,23,25). The van der Waals surface area contributed by atoms with Crippen molar-refractivity contribution in [2.45, 2.75) is 26.7 Å². The van der Waals surface area contributed by atoms with Crippen LogP contribution >= 0.6 is 0 Å². The number of ether oxygens (including phenoxy) is 3. The van der Waals surface area contributed by atoms with Gasteiger partial charge in [-0.1, -0.05) is 25.5 Å². The molecule has 2 aromatic carbocycles. The predicted molar refractivity (Wildman–Crippen MR) is 107 cm³/mol. The maximum Gasteiger partial charge on any atom is 0.340 e. The van der Waals surface area contributed by atoms with Gasteiger partial charge >= 0.3 is 12.0 Å². The number of rotatable bonds is 10. The Hall–Kier alpha value is -3.22. The van der Waals surface area contributed by atoms with Crippen LogP contribution in [0.15, 0.2) is 48.5 Å². The van der Waals surface area contributed by atoms with Crippen molar-refractivity contribution in [2.24, 2.45) is 0 Å². The second kappa shape index (κ2) is 11.5. The van der Waals surface area contributed by atoms with Crippen molar-refractivity contribution < 1.29 is 23.8 Å². The van der Waals surface area contributed by atoms with Crippen molar-refractivity contribution in [3.63, 3.8) is 0 Å². The van der Waals surface area contributed by atoms with E-state index in [9.17, 15) is 9.59 Å². The Balaban J connectivity index is 1.83. The fourth-order valence-electron chi connectivity index (χ4n) is 2.31. The van der Waals surface area contributed by atoms with Gasteiger partial charge in [0.2, 0.25) is 0 Å². The van der Waals surface area contributed by atoms with Crippen molar-refractivity contribution in [3.05, 3.63) is 54.1 Å². The number of hydrogen-bond acceptors (Lipinski definition) is 5. The zero-order valence-electron chi connectivity index (χ0n) is 16.2. The summed E-state index contributed by atoms with van der Waals surface area (Å²) in [6.07, 6.45) is 1.73. The molecular formula is C21H26N2O5. The van der Waals surface area contributed by atoms with Crippen LogP contribution in [0, 0.1) is 0 Å². The Kier molecular flexibility index (Phi) is 8.65. The van der Waals surface area contributed by atoms with Crippen LogP contribution in [0.1, 0.15) is 37.0 Å². The summed E-state index contributed by atoms with van der Waals surface area (Å²) >= 11 is 0.